The van der Waals surface area contributed by atoms with E-state index in [9.17, 15) is 9.59 Å². The first-order chi connectivity index (χ1) is 11.0. The summed E-state index contributed by atoms with van der Waals surface area (Å²) in [6.45, 7) is 5.14. The number of carbonyl (C=O) groups is 1. The fraction of sp³-hybridized carbons (Fsp3) is 0.444. The molecular formula is C18H22N2O3. The number of ether oxygens (including phenoxy) is 1. The third kappa shape index (κ3) is 3.62. The van der Waals surface area contributed by atoms with Crippen LogP contribution in [0.1, 0.15) is 30.9 Å². The Balaban J connectivity index is 1.85. The molecule has 1 aliphatic heterocycles. The van der Waals surface area contributed by atoms with Crippen LogP contribution in [0.2, 0.25) is 0 Å². The average Bonchev–Trinajstić information content (AvgIpc) is 3.00. The number of aromatic nitrogens is 1. The molecule has 0 saturated carbocycles. The van der Waals surface area contributed by atoms with Gasteiger partial charge in [-0.25, -0.2) is 0 Å². The van der Waals surface area contributed by atoms with Crippen LogP contribution in [0, 0.1) is 6.92 Å². The molecular weight excluding hydrogens is 292 g/mol. The van der Waals surface area contributed by atoms with Gasteiger partial charge in [-0.05, 0) is 42.8 Å². The van der Waals surface area contributed by atoms with E-state index in [4.69, 9.17) is 4.74 Å². The summed E-state index contributed by atoms with van der Waals surface area (Å²) in [7, 11) is 0. The van der Waals surface area contributed by atoms with E-state index in [1.807, 2.05) is 31.2 Å². The van der Waals surface area contributed by atoms with Crippen molar-refractivity contribution in [3.05, 3.63) is 45.7 Å². The van der Waals surface area contributed by atoms with E-state index in [1.54, 1.807) is 4.90 Å². The molecule has 1 aromatic heterocycles. The highest BCUT2D eigenvalue weighted by atomic mass is 16.5. The van der Waals surface area contributed by atoms with Crippen molar-refractivity contribution in [3.8, 4) is 0 Å². The number of nitrogens with one attached hydrogen (secondary N) is 1. The van der Waals surface area contributed by atoms with Gasteiger partial charge in [0.1, 0.15) is 0 Å². The predicted octanol–water partition coefficient (Wildman–Crippen LogP) is 2.36. The summed E-state index contributed by atoms with van der Waals surface area (Å²) >= 11 is 0. The molecule has 23 heavy (non-hydrogen) atoms. The molecule has 0 spiro atoms. The average molecular weight is 314 g/mol. The molecule has 122 valence electrons. The number of rotatable bonds is 4. The van der Waals surface area contributed by atoms with Gasteiger partial charge in [0.05, 0.1) is 12.6 Å². The lowest BCUT2D eigenvalue weighted by Gasteiger charge is -2.24. The molecule has 1 saturated heterocycles. The van der Waals surface area contributed by atoms with Crippen LogP contribution < -0.4 is 5.56 Å². The minimum absolute atomic E-state index is 0.0381. The zero-order valence-electron chi connectivity index (χ0n) is 13.6. The van der Waals surface area contributed by atoms with Crippen LogP contribution in [0.4, 0.5) is 0 Å². The largest absolute Gasteiger partial charge is 0.376 e. The van der Waals surface area contributed by atoms with E-state index >= 15 is 0 Å². The van der Waals surface area contributed by atoms with Crippen molar-refractivity contribution >= 4 is 16.8 Å². The fourth-order valence-electron chi connectivity index (χ4n) is 3.02. The molecule has 0 aliphatic carbocycles. The Morgan fingerprint density at radius 2 is 2.22 bits per heavy atom. The van der Waals surface area contributed by atoms with Gasteiger partial charge in [-0.2, -0.15) is 0 Å². The van der Waals surface area contributed by atoms with Crippen molar-refractivity contribution in [2.24, 2.45) is 0 Å². The minimum Gasteiger partial charge on any atom is -0.376 e. The quantitative estimate of drug-likeness (QED) is 0.942. The molecule has 5 nitrogen and oxygen atoms in total. The second-order valence-electron chi connectivity index (χ2n) is 6.25. The third-order valence-corrected chi connectivity index (χ3v) is 4.33. The number of aromatic amines is 1. The number of amides is 1. The molecule has 5 heteroatoms. The van der Waals surface area contributed by atoms with Gasteiger partial charge in [0, 0.05) is 31.2 Å². The van der Waals surface area contributed by atoms with Crippen molar-refractivity contribution in [1.82, 2.24) is 9.88 Å². The second kappa shape index (κ2) is 6.54. The molecule has 3 rings (SSSR count). The highest BCUT2D eigenvalue weighted by molar-refractivity contribution is 5.80. The smallest absolute Gasteiger partial charge is 0.253 e. The zero-order chi connectivity index (χ0) is 16.4. The topological polar surface area (TPSA) is 62.4 Å². The van der Waals surface area contributed by atoms with Gasteiger partial charge in [0.15, 0.2) is 0 Å². The standard InChI is InChI=1S/C18H22N2O3/c1-12-5-6-14-9-15(18(22)19-17(14)8-12)10-20(13(2)21)11-16-4-3-7-23-16/h5-6,8-9,16H,3-4,7,10-11H2,1-2H3,(H,19,22)/t16-/m1/s1. The van der Waals surface area contributed by atoms with Crippen molar-refractivity contribution < 1.29 is 9.53 Å². The predicted molar refractivity (Wildman–Crippen MR) is 89.4 cm³/mol. The molecule has 0 bridgehead atoms. The van der Waals surface area contributed by atoms with Crippen LogP contribution in [0.3, 0.4) is 0 Å². The fourth-order valence-corrected chi connectivity index (χ4v) is 3.02. The molecule has 1 N–H and O–H groups in total. The van der Waals surface area contributed by atoms with Gasteiger partial charge in [-0.15, -0.1) is 0 Å². The lowest BCUT2D eigenvalue weighted by Crippen LogP contribution is -2.36. The minimum atomic E-state index is -0.137. The van der Waals surface area contributed by atoms with E-state index in [2.05, 4.69) is 4.98 Å². The molecule has 1 aromatic carbocycles. The van der Waals surface area contributed by atoms with Gasteiger partial charge in [0.25, 0.3) is 5.56 Å². The number of carbonyl (C=O) groups excluding carboxylic acids is 1. The Kier molecular flexibility index (Phi) is 4.48. The maximum absolute atomic E-state index is 12.3. The summed E-state index contributed by atoms with van der Waals surface area (Å²) < 4.78 is 5.61. The highest BCUT2D eigenvalue weighted by Gasteiger charge is 2.21. The molecule has 0 radical (unpaired) electrons. The third-order valence-electron chi connectivity index (χ3n) is 4.33. The lowest BCUT2D eigenvalue weighted by atomic mass is 10.1. The summed E-state index contributed by atoms with van der Waals surface area (Å²) in [6.07, 6.45) is 2.09. The second-order valence-corrected chi connectivity index (χ2v) is 6.25. The van der Waals surface area contributed by atoms with E-state index in [0.29, 0.717) is 18.7 Å². The van der Waals surface area contributed by atoms with Crippen LogP contribution >= 0.6 is 0 Å². The lowest BCUT2D eigenvalue weighted by molar-refractivity contribution is -0.131. The van der Waals surface area contributed by atoms with E-state index in [1.165, 1.54) is 6.92 Å². The van der Waals surface area contributed by atoms with Gasteiger partial charge in [-0.3, -0.25) is 9.59 Å². The number of aryl methyl sites for hydroxylation is 1. The Morgan fingerprint density at radius 1 is 1.39 bits per heavy atom. The number of nitrogens with zero attached hydrogens (tertiary/aromatic N) is 1. The summed E-state index contributed by atoms with van der Waals surface area (Å²) in [5.74, 6) is -0.0381. The maximum atomic E-state index is 12.3. The number of hydrogen-bond donors (Lipinski definition) is 1. The first-order valence-corrected chi connectivity index (χ1v) is 8.02. The summed E-state index contributed by atoms with van der Waals surface area (Å²) in [5, 5.41) is 0.978. The highest BCUT2D eigenvalue weighted by Crippen LogP contribution is 2.17. The number of fused-ring (bicyclic) bond motifs is 1. The van der Waals surface area contributed by atoms with Crippen LogP contribution in [0.25, 0.3) is 10.9 Å². The van der Waals surface area contributed by atoms with Crippen LogP contribution in [0.5, 0.6) is 0 Å². The summed E-state index contributed by atoms with van der Waals surface area (Å²) in [6, 6.07) is 7.83. The number of hydrogen-bond acceptors (Lipinski definition) is 3. The summed E-state index contributed by atoms with van der Waals surface area (Å²) in [4.78, 5) is 28.8. The molecule has 1 aliphatic rings. The zero-order valence-corrected chi connectivity index (χ0v) is 13.6. The molecule has 1 amide bonds. The van der Waals surface area contributed by atoms with E-state index in [-0.39, 0.29) is 17.6 Å². The first-order valence-electron chi connectivity index (χ1n) is 8.02. The van der Waals surface area contributed by atoms with Gasteiger partial charge in [-0.1, -0.05) is 12.1 Å². The Bertz CT molecular complexity index is 775. The number of H-pyrrole nitrogens is 1. The van der Waals surface area contributed by atoms with Crippen molar-refractivity contribution in [2.75, 3.05) is 13.2 Å². The van der Waals surface area contributed by atoms with Gasteiger partial charge in [0.2, 0.25) is 5.91 Å². The Morgan fingerprint density at radius 3 is 2.91 bits per heavy atom. The molecule has 0 unspecified atom stereocenters. The molecule has 1 atom stereocenters. The molecule has 1 fully saturated rings. The molecule has 2 aromatic rings. The van der Waals surface area contributed by atoms with Crippen LogP contribution in [-0.2, 0) is 16.1 Å². The Hall–Kier alpha value is -2.14. The van der Waals surface area contributed by atoms with Crippen molar-refractivity contribution in [3.63, 3.8) is 0 Å². The SMILES string of the molecule is CC(=O)N(Cc1cc2ccc(C)cc2[nH]c1=O)C[C@H]1CCCO1. The molecule has 2 heterocycles. The number of benzene rings is 1. The van der Waals surface area contributed by atoms with Crippen LogP contribution in [0.15, 0.2) is 29.1 Å². The number of pyridine rings is 1. The van der Waals surface area contributed by atoms with Gasteiger partial charge >= 0.3 is 0 Å². The van der Waals surface area contributed by atoms with Crippen molar-refractivity contribution in [1.29, 1.82) is 0 Å². The van der Waals surface area contributed by atoms with Crippen molar-refractivity contribution in [2.45, 2.75) is 39.3 Å². The monoisotopic (exact) mass is 314 g/mol. The van der Waals surface area contributed by atoms with E-state index in [0.717, 1.165) is 35.9 Å². The normalized spacial score (nSPS) is 17.6. The summed E-state index contributed by atoms with van der Waals surface area (Å²) in [5.41, 5.74) is 2.40. The van der Waals surface area contributed by atoms with Crippen LogP contribution in [-0.4, -0.2) is 35.0 Å². The van der Waals surface area contributed by atoms with E-state index < -0.39 is 0 Å². The first kappa shape index (κ1) is 15.7. The maximum Gasteiger partial charge on any atom is 0.253 e. The Labute approximate surface area is 135 Å². The van der Waals surface area contributed by atoms with Gasteiger partial charge < -0.3 is 14.6 Å².